The molecule has 7 nitrogen and oxygen atoms in total. The van der Waals surface area contributed by atoms with Crippen molar-refractivity contribution in [3.63, 3.8) is 0 Å². The second kappa shape index (κ2) is 7.94. The number of anilines is 1. The van der Waals surface area contributed by atoms with Crippen molar-refractivity contribution in [3.8, 4) is 11.5 Å². The number of primary amides is 1. The Labute approximate surface area is 177 Å². The quantitative estimate of drug-likeness (QED) is 0.661. The van der Waals surface area contributed by atoms with Crippen molar-refractivity contribution >= 4 is 33.4 Å². The molecule has 1 fully saturated rings. The summed E-state index contributed by atoms with van der Waals surface area (Å²) in [5, 5.41) is 3.50. The van der Waals surface area contributed by atoms with Crippen LogP contribution in [0.25, 0.3) is 0 Å². The average Bonchev–Trinajstić information content (AvgIpc) is 3.52. The molecule has 8 heteroatoms. The monoisotopic (exact) mass is 459 g/mol. The minimum atomic E-state index is -0.570. The van der Waals surface area contributed by atoms with E-state index in [1.807, 2.05) is 48.2 Å². The maximum absolute atomic E-state index is 13.2. The van der Waals surface area contributed by atoms with Gasteiger partial charge in [0.25, 0.3) is 11.8 Å². The SMILES string of the molecule is CCOc1cc([C@@H]2Nc3ccccc3C(=O)N2C2CC2)cc(Br)c1OCC(N)=O. The number of para-hydroxylation sites is 1. The third-order valence-corrected chi connectivity index (χ3v) is 5.50. The molecule has 2 aromatic rings. The van der Waals surface area contributed by atoms with E-state index in [0.29, 0.717) is 28.1 Å². The maximum Gasteiger partial charge on any atom is 0.258 e. The van der Waals surface area contributed by atoms with Crippen LogP contribution in [0.1, 0.15) is 41.9 Å². The largest absolute Gasteiger partial charge is 0.490 e. The molecule has 4 rings (SSSR count). The van der Waals surface area contributed by atoms with Crippen LogP contribution in [-0.2, 0) is 4.79 Å². The van der Waals surface area contributed by atoms with Gasteiger partial charge in [-0.1, -0.05) is 12.1 Å². The van der Waals surface area contributed by atoms with Gasteiger partial charge in [0.1, 0.15) is 6.17 Å². The summed E-state index contributed by atoms with van der Waals surface area (Å²) in [5.41, 5.74) is 7.56. The van der Waals surface area contributed by atoms with Gasteiger partial charge in [-0.15, -0.1) is 0 Å². The van der Waals surface area contributed by atoms with E-state index in [1.54, 1.807) is 0 Å². The fourth-order valence-electron chi connectivity index (χ4n) is 3.53. The highest BCUT2D eigenvalue weighted by Crippen LogP contribution is 2.44. The number of amides is 2. The second-order valence-electron chi connectivity index (χ2n) is 7.05. The van der Waals surface area contributed by atoms with Crippen LogP contribution in [0.4, 0.5) is 5.69 Å². The van der Waals surface area contributed by atoms with Gasteiger partial charge in [-0.25, -0.2) is 0 Å². The minimum Gasteiger partial charge on any atom is -0.490 e. The fraction of sp³-hybridized carbons (Fsp3) is 0.333. The molecule has 0 radical (unpaired) electrons. The number of rotatable bonds is 7. The van der Waals surface area contributed by atoms with Crippen LogP contribution >= 0.6 is 15.9 Å². The molecule has 1 saturated carbocycles. The van der Waals surface area contributed by atoms with Crippen molar-refractivity contribution in [2.45, 2.75) is 32.0 Å². The van der Waals surface area contributed by atoms with Gasteiger partial charge in [-0.3, -0.25) is 9.59 Å². The van der Waals surface area contributed by atoms with Crippen LogP contribution in [0.5, 0.6) is 11.5 Å². The van der Waals surface area contributed by atoms with Crippen molar-refractivity contribution in [2.24, 2.45) is 5.73 Å². The first kappa shape index (κ1) is 19.6. The van der Waals surface area contributed by atoms with Crippen LogP contribution in [0.2, 0.25) is 0 Å². The Bertz CT molecular complexity index is 961. The molecule has 2 aliphatic rings. The van der Waals surface area contributed by atoms with E-state index >= 15 is 0 Å². The first-order valence-electron chi connectivity index (χ1n) is 9.55. The normalized spacial score (nSPS) is 18.1. The van der Waals surface area contributed by atoms with E-state index in [1.165, 1.54) is 0 Å². The third kappa shape index (κ3) is 3.89. The Hall–Kier alpha value is -2.74. The van der Waals surface area contributed by atoms with E-state index in [2.05, 4.69) is 21.2 Å². The molecule has 0 bridgehead atoms. The number of halogens is 1. The number of hydrogen-bond acceptors (Lipinski definition) is 5. The Balaban J connectivity index is 1.74. The van der Waals surface area contributed by atoms with Gasteiger partial charge < -0.3 is 25.4 Å². The summed E-state index contributed by atoms with van der Waals surface area (Å²) in [6.07, 6.45) is 1.65. The highest BCUT2D eigenvalue weighted by Gasteiger charge is 2.42. The Morgan fingerprint density at radius 3 is 2.72 bits per heavy atom. The number of fused-ring (bicyclic) bond motifs is 1. The molecule has 2 aromatic carbocycles. The van der Waals surface area contributed by atoms with Gasteiger partial charge in [0, 0.05) is 11.7 Å². The van der Waals surface area contributed by atoms with Gasteiger partial charge in [0.15, 0.2) is 18.1 Å². The highest BCUT2D eigenvalue weighted by molar-refractivity contribution is 9.10. The molecule has 1 atom stereocenters. The molecule has 3 N–H and O–H groups in total. The Kier molecular flexibility index (Phi) is 5.36. The number of nitrogens with one attached hydrogen (secondary N) is 1. The minimum absolute atomic E-state index is 0.0231. The standard InChI is InChI=1S/C21H22BrN3O4/c1-2-28-17-10-12(9-15(22)19(17)29-11-18(23)26)20-24-16-6-4-3-5-14(16)21(27)25(20)13-7-8-13/h3-6,9-10,13,20,24H,2,7-8,11H2,1H3,(H2,23,26)/t20-/m1/s1. The molecule has 0 aromatic heterocycles. The van der Waals surface area contributed by atoms with Crippen LogP contribution in [0.15, 0.2) is 40.9 Å². The van der Waals surface area contributed by atoms with Crippen molar-refractivity contribution in [1.82, 2.24) is 4.90 Å². The fourth-order valence-corrected chi connectivity index (χ4v) is 4.11. The number of carbonyl (C=O) groups excluding carboxylic acids is 2. The summed E-state index contributed by atoms with van der Waals surface area (Å²) in [5.74, 6) is 0.353. The zero-order chi connectivity index (χ0) is 20.5. The van der Waals surface area contributed by atoms with E-state index in [4.69, 9.17) is 15.2 Å². The van der Waals surface area contributed by atoms with Gasteiger partial charge in [-0.05, 0) is 65.5 Å². The first-order chi connectivity index (χ1) is 14.0. The molecular formula is C21H22BrN3O4. The zero-order valence-electron chi connectivity index (χ0n) is 16.0. The summed E-state index contributed by atoms with van der Waals surface area (Å²) in [6, 6.07) is 11.5. The molecule has 1 aliphatic heterocycles. The highest BCUT2D eigenvalue weighted by atomic mass is 79.9. The number of carbonyl (C=O) groups is 2. The maximum atomic E-state index is 13.2. The smallest absolute Gasteiger partial charge is 0.258 e. The van der Waals surface area contributed by atoms with Crippen LogP contribution in [0.3, 0.4) is 0 Å². The van der Waals surface area contributed by atoms with E-state index in [0.717, 1.165) is 24.1 Å². The number of benzene rings is 2. The molecule has 2 amide bonds. The van der Waals surface area contributed by atoms with Crippen molar-refractivity contribution in [2.75, 3.05) is 18.5 Å². The zero-order valence-corrected chi connectivity index (χ0v) is 17.6. The Morgan fingerprint density at radius 2 is 2.03 bits per heavy atom. The average molecular weight is 460 g/mol. The molecule has 0 unspecified atom stereocenters. The van der Waals surface area contributed by atoms with Crippen molar-refractivity contribution < 1.29 is 19.1 Å². The molecule has 1 aliphatic carbocycles. The van der Waals surface area contributed by atoms with Crippen molar-refractivity contribution in [1.29, 1.82) is 0 Å². The molecule has 1 heterocycles. The predicted octanol–water partition coefficient (Wildman–Crippen LogP) is 3.44. The van der Waals surface area contributed by atoms with Crippen LogP contribution < -0.4 is 20.5 Å². The van der Waals surface area contributed by atoms with Gasteiger partial charge in [-0.2, -0.15) is 0 Å². The topological polar surface area (TPSA) is 93.9 Å². The third-order valence-electron chi connectivity index (χ3n) is 4.91. The lowest BCUT2D eigenvalue weighted by Gasteiger charge is -2.38. The molecule has 0 spiro atoms. The first-order valence-corrected chi connectivity index (χ1v) is 10.3. The second-order valence-corrected chi connectivity index (χ2v) is 7.91. The number of nitrogens with two attached hydrogens (primary N) is 1. The van der Waals surface area contributed by atoms with Gasteiger partial charge >= 0.3 is 0 Å². The van der Waals surface area contributed by atoms with Crippen molar-refractivity contribution in [3.05, 3.63) is 52.0 Å². The Morgan fingerprint density at radius 1 is 1.28 bits per heavy atom. The lowest BCUT2D eigenvalue weighted by Crippen LogP contribution is -2.44. The molecule has 29 heavy (non-hydrogen) atoms. The lowest BCUT2D eigenvalue weighted by atomic mass is 10.0. The van der Waals surface area contributed by atoms with E-state index in [-0.39, 0.29) is 24.7 Å². The summed E-state index contributed by atoms with van der Waals surface area (Å²) in [7, 11) is 0. The van der Waals surface area contributed by atoms with E-state index < -0.39 is 5.91 Å². The molecule has 0 saturated heterocycles. The number of ether oxygens (including phenoxy) is 2. The van der Waals surface area contributed by atoms with Crippen LogP contribution in [0, 0.1) is 0 Å². The predicted molar refractivity (Wildman–Crippen MR) is 112 cm³/mol. The number of hydrogen-bond donors (Lipinski definition) is 2. The molecule has 152 valence electrons. The summed E-state index contributed by atoms with van der Waals surface area (Å²) >= 11 is 3.52. The summed E-state index contributed by atoms with van der Waals surface area (Å²) in [4.78, 5) is 26.2. The lowest BCUT2D eigenvalue weighted by molar-refractivity contribution is -0.119. The van der Waals surface area contributed by atoms with Gasteiger partial charge in [0.05, 0.1) is 16.6 Å². The van der Waals surface area contributed by atoms with Crippen LogP contribution in [-0.4, -0.2) is 36.0 Å². The van der Waals surface area contributed by atoms with Gasteiger partial charge in [0.2, 0.25) is 0 Å². The van der Waals surface area contributed by atoms with E-state index in [9.17, 15) is 9.59 Å². The number of nitrogens with zero attached hydrogens (tertiary/aromatic N) is 1. The summed E-state index contributed by atoms with van der Waals surface area (Å²) < 4.78 is 11.9. The molecular weight excluding hydrogens is 438 g/mol. The summed E-state index contributed by atoms with van der Waals surface area (Å²) in [6.45, 7) is 2.04.